The number of hydrogen-bond donors (Lipinski definition) is 1. The van der Waals surface area contributed by atoms with Crippen LogP contribution < -0.4 is 4.74 Å². The molecule has 0 amide bonds. The predicted octanol–water partition coefficient (Wildman–Crippen LogP) is 3.57. The van der Waals surface area contributed by atoms with E-state index >= 15 is 0 Å². The molecule has 1 aliphatic rings. The molecule has 1 aromatic rings. The number of ether oxygens (including phenoxy) is 1. The van der Waals surface area contributed by atoms with E-state index in [1.54, 1.807) is 6.92 Å². The Kier molecular flexibility index (Phi) is 3.72. The highest BCUT2D eigenvalue weighted by molar-refractivity contribution is 9.10. The van der Waals surface area contributed by atoms with Crippen LogP contribution in [0.15, 0.2) is 22.7 Å². The monoisotopic (exact) mass is 298 g/mol. The number of hydrogen-bond acceptors (Lipinski definition) is 2. The van der Waals surface area contributed by atoms with Crippen LogP contribution in [0.3, 0.4) is 0 Å². The molecule has 0 radical (unpaired) electrons. The first-order valence-corrected chi connectivity index (χ1v) is 6.56. The average molecular weight is 299 g/mol. The van der Waals surface area contributed by atoms with E-state index in [9.17, 15) is 4.79 Å². The van der Waals surface area contributed by atoms with Crippen molar-refractivity contribution in [3.8, 4) is 5.75 Å². The standard InChI is InChI=1S/C13H15BrO3/c1-8(13(15)16)17-12-6-5-10(14)7-11(12)9-3-2-4-9/h5-9H,2-4H2,1H3,(H,15,16). The van der Waals surface area contributed by atoms with Gasteiger partial charge >= 0.3 is 5.97 Å². The van der Waals surface area contributed by atoms with Crippen molar-refractivity contribution in [2.75, 3.05) is 0 Å². The molecule has 0 aliphatic heterocycles. The molecule has 0 aromatic heterocycles. The molecule has 1 atom stereocenters. The summed E-state index contributed by atoms with van der Waals surface area (Å²) in [5.74, 6) is 0.281. The maximum absolute atomic E-state index is 10.8. The van der Waals surface area contributed by atoms with Crippen LogP contribution in [0.1, 0.15) is 37.7 Å². The molecule has 1 aromatic carbocycles. The first kappa shape index (κ1) is 12.4. The van der Waals surface area contributed by atoms with Crippen LogP contribution in [0.25, 0.3) is 0 Å². The van der Waals surface area contributed by atoms with Gasteiger partial charge in [-0.2, -0.15) is 0 Å². The lowest BCUT2D eigenvalue weighted by Gasteiger charge is -2.28. The van der Waals surface area contributed by atoms with Crippen molar-refractivity contribution in [3.63, 3.8) is 0 Å². The second kappa shape index (κ2) is 5.08. The summed E-state index contributed by atoms with van der Waals surface area (Å²) in [5.41, 5.74) is 1.12. The molecule has 2 rings (SSSR count). The molecule has 1 unspecified atom stereocenters. The molecular formula is C13H15BrO3. The van der Waals surface area contributed by atoms with Crippen molar-refractivity contribution >= 4 is 21.9 Å². The summed E-state index contributed by atoms with van der Waals surface area (Å²) in [7, 11) is 0. The number of aliphatic carboxylic acids is 1. The maximum Gasteiger partial charge on any atom is 0.344 e. The quantitative estimate of drug-likeness (QED) is 0.924. The van der Waals surface area contributed by atoms with Gasteiger partial charge in [0.05, 0.1) is 0 Å². The van der Waals surface area contributed by atoms with Crippen LogP contribution in [0.4, 0.5) is 0 Å². The zero-order valence-corrected chi connectivity index (χ0v) is 11.2. The van der Waals surface area contributed by atoms with Crippen molar-refractivity contribution in [1.82, 2.24) is 0 Å². The van der Waals surface area contributed by atoms with Crippen molar-refractivity contribution in [2.45, 2.75) is 38.2 Å². The minimum absolute atomic E-state index is 0.517. The minimum Gasteiger partial charge on any atom is -0.479 e. The third-order valence-electron chi connectivity index (χ3n) is 3.17. The molecule has 1 fully saturated rings. The van der Waals surface area contributed by atoms with E-state index in [1.165, 1.54) is 6.42 Å². The Morgan fingerprint density at radius 2 is 2.24 bits per heavy atom. The van der Waals surface area contributed by atoms with Gasteiger partial charge in [-0.25, -0.2) is 4.79 Å². The van der Waals surface area contributed by atoms with E-state index in [0.29, 0.717) is 11.7 Å². The third kappa shape index (κ3) is 2.80. The predicted molar refractivity (Wildman–Crippen MR) is 68.5 cm³/mol. The van der Waals surface area contributed by atoms with Gasteiger partial charge in [-0.1, -0.05) is 22.4 Å². The van der Waals surface area contributed by atoms with Crippen LogP contribution in [-0.2, 0) is 4.79 Å². The molecular weight excluding hydrogens is 284 g/mol. The van der Waals surface area contributed by atoms with Gasteiger partial charge in [-0.15, -0.1) is 0 Å². The van der Waals surface area contributed by atoms with Crippen LogP contribution in [0, 0.1) is 0 Å². The third-order valence-corrected chi connectivity index (χ3v) is 3.66. The van der Waals surface area contributed by atoms with Crippen LogP contribution in [-0.4, -0.2) is 17.2 Å². The minimum atomic E-state index is -0.938. The van der Waals surface area contributed by atoms with Crippen molar-refractivity contribution < 1.29 is 14.6 Å². The number of halogens is 1. The van der Waals surface area contributed by atoms with Crippen molar-refractivity contribution in [2.24, 2.45) is 0 Å². The van der Waals surface area contributed by atoms with Gasteiger partial charge < -0.3 is 9.84 Å². The first-order valence-electron chi connectivity index (χ1n) is 5.77. The van der Waals surface area contributed by atoms with Crippen LogP contribution >= 0.6 is 15.9 Å². The van der Waals surface area contributed by atoms with E-state index in [4.69, 9.17) is 9.84 Å². The number of carbonyl (C=O) groups is 1. The maximum atomic E-state index is 10.8. The van der Waals surface area contributed by atoms with Gasteiger partial charge in [-0.05, 0) is 49.4 Å². The van der Waals surface area contributed by atoms with E-state index < -0.39 is 12.1 Å². The number of rotatable bonds is 4. The van der Waals surface area contributed by atoms with Crippen LogP contribution in [0.2, 0.25) is 0 Å². The van der Waals surface area contributed by atoms with Crippen molar-refractivity contribution in [3.05, 3.63) is 28.2 Å². The Morgan fingerprint density at radius 3 is 2.76 bits per heavy atom. The molecule has 1 N–H and O–H groups in total. The van der Waals surface area contributed by atoms with E-state index in [2.05, 4.69) is 15.9 Å². The summed E-state index contributed by atoms with van der Waals surface area (Å²) in [6.07, 6.45) is 2.75. The summed E-state index contributed by atoms with van der Waals surface area (Å²) in [4.78, 5) is 10.8. The lowest BCUT2D eigenvalue weighted by molar-refractivity contribution is -0.144. The number of carboxylic acids is 1. The van der Waals surface area contributed by atoms with Gasteiger partial charge in [0.25, 0.3) is 0 Å². The van der Waals surface area contributed by atoms with Crippen LogP contribution in [0.5, 0.6) is 5.75 Å². The van der Waals surface area contributed by atoms with E-state index in [0.717, 1.165) is 22.9 Å². The SMILES string of the molecule is CC(Oc1ccc(Br)cc1C1CCC1)C(=O)O. The Bertz CT molecular complexity index is 427. The molecule has 1 aliphatic carbocycles. The molecule has 0 spiro atoms. The van der Waals surface area contributed by atoms with E-state index in [1.807, 2.05) is 18.2 Å². The molecule has 1 saturated carbocycles. The Labute approximate surface area is 109 Å². The lowest BCUT2D eigenvalue weighted by atomic mass is 9.80. The van der Waals surface area contributed by atoms with Gasteiger partial charge in [-0.3, -0.25) is 0 Å². The van der Waals surface area contributed by atoms with Gasteiger partial charge in [0, 0.05) is 4.47 Å². The molecule has 0 heterocycles. The summed E-state index contributed by atoms with van der Waals surface area (Å²) in [6, 6.07) is 5.76. The topological polar surface area (TPSA) is 46.5 Å². The van der Waals surface area contributed by atoms with Gasteiger partial charge in [0.15, 0.2) is 6.10 Å². The second-order valence-corrected chi connectivity index (χ2v) is 5.32. The zero-order valence-electron chi connectivity index (χ0n) is 9.65. The first-order chi connectivity index (χ1) is 8.08. The molecule has 0 saturated heterocycles. The number of carboxylic acid groups (broad SMARTS) is 1. The fraction of sp³-hybridized carbons (Fsp3) is 0.462. The highest BCUT2D eigenvalue weighted by Gasteiger charge is 2.24. The number of benzene rings is 1. The van der Waals surface area contributed by atoms with Crippen molar-refractivity contribution in [1.29, 1.82) is 0 Å². The fourth-order valence-electron chi connectivity index (χ4n) is 1.91. The zero-order chi connectivity index (χ0) is 12.4. The van der Waals surface area contributed by atoms with Gasteiger partial charge in [0.2, 0.25) is 0 Å². The summed E-state index contributed by atoms with van der Waals surface area (Å²) in [5, 5.41) is 8.86. The largest absolute Gasteiger partial charge is 0.479 e. The van der Waals surface area contributed by atoms with Gasteiger partial charge in [0.1, 0.15) is 5.75 Å². The smallest absolute Gasteiger partial charge is 0.344 e. The van der Waals surface area contributed by atoms with E-state index in [-0.39, 0.29) is 0 Å². The molecule has 92 valence electrons. The Balaban J connectivity index is 2.22. The normalized spacial score (nSPS) is 17.3. The summed E-state index contributed by atoms with van der Waals surface area (Å²) < 4.78 is 6.51. The average Bonchev–Trinajstić information content (AvgIpc) is 2.19. The Morgan fingerprint density at radius 1 is 1.53 bits per heavy atom. The summed E-state index contributed by atoms with van der Waals surface area (Å²) in [6.45, 7) is 1.55. The highest BCUT2D eigenvalue weighted by atomic mass is 79.9. The molecule has 3 nitrogen and oxygen atoms in total. The summed E-state index contributed by atoms with van der Waals surface area (Å²) >= 11 is 3.44. The lowest BCUT2D eigenvalue weighted by Crippen LogP contribution is -2.24. The molecule has 0 bridgehead atoms. The molecule has 17 heavy (non-hydrogen) atoms. The fourth-order valence-corrected chi connectivity index (χ4v) is 2.28. The second-order valence-electron chi connectivity index (χ2n) is 4.41. The Hall–Kier alpha value is -1.03. The highest BCUT2D eigenvalue weighted by Crippen LogP contribution is 2.42. The molecule has 4 heteroatoms.